The van der Waals surface area contributed by atoms with Crippen molar-refractivity contribution in [2.75, 3.05) is 19.8 Å². The van der Waals surface area contributed by atoms with Gasteiger partial charge in [0.15, 0.2) is 0 Å². The molecular formula is C14H24O9. The zero-order chi connectivity index (χ0) is 18.2. The van der Waals surface area contributed by atoms with Crippen LogP contribution >= 0.6 is 0 Å². The Morgan fingerprint density at radius 2 is 0.957 bits per heavy atom. The van der Waals surface area contributed by atoms with Crippen molar-refractivity contribution in [3.05, 3.63) is 0 Å². The third kappa shape index (κ3) is 8.48. The smallest absolute Gasteiger partial charge is 0.334 e. The largest absolute Gasteiger partial charge is 0.463 e. The number of ether oxygens (including phenoxy) is 3. The molecule has 134 valence electrons. The Hall–Kier alpha value is -1.71. The van der Waals surface area contributed by atoms with E-state index in [1.165, 1.54) is 27.7 Å². The van der Waals surface area contributed by atoms with E-state index in [1.807, 2.05) is 0 Å². The Balaban J connectivity index is 4.78. The highest BCUT2D eigenvalue weighted by Gasteiger charge is 2.32. The first-order valence-corrected chi connectivity index (χ1v) is 7.02. The Bertz CT molecular complexity index is 355. The number of carbonyl (C=O) groups is 3. The van der Waals surface area contributed by atoms with Gasteiger partial charge in [0.05, 0.1) is 5.41 Å². The van der Waals surface area contributed by atoms with Crippen LogP contribution in [-0.2, 0) is 28.6 Å². The summed E-state index contributed by atoms with van der Waals surface area (Å²) in [4.78, 5) is 33.9. The number of aliphatic hydroxyl groups excluding tert-OH is 3. The second-order valence-electron chi connectivity index (χ2n) is 5.66. The van der Waals surface area contributed by atoms with Crippen molar-refractivity contribution in [3.63, 3.8) is 0 Å². The first-order valence-electron chi connectivity index (χ1n) is 7.02. The third-order valence-electron chi connectivity index (χ3n) is 2.71. The van der Waals surface area contributed by atoms with E-state index in [0.29, 0.717) is 0 Å². The van der Waals surface area contributed by atoms with Crippen molar-refractivity contribution in [1.82, 2.24) is 0 Å². The maximum absolute atomic E-state index is 11.3. The SMILES string of the molecule is C[C@H](O)C(=O)OCC(C)(COC(=O)[C@H](C)O)COC(=O)[C@@H](C)O. The summed E-state index contributed by atoms with van der Waals surface area (Å²) in [7, 11) is 0. The predicted molar refractivity (Wildman–Crippen MR) is 76.0 cm³/mol. The second-order valence-corrected chi connectivity index (χ2v) is 5.66. The molecule has 3 N–H and O–H groups in total. The minimum atomic E-state index is -1.33. The van der Waals surface area contributed by atoms with Crippen LogP contribution in [0, 0.1) is 5.41 Å². The van der Waals surface area contributed by atoms with E-state index in [0.717, 1.165) is 0 Å². The van der Waals surface area contributed by atoms with Gasteiger partial charge in [-0.2, -0.15) is 0 Å². The van der Waals surface area contributed by atoms with Crippen LogP contribution in [0.3, 0.4) is 0 Å². The monoisotopic (exact) mass is 336 g/mol. The van der Waals surface area contributed by atoms with Crippen molar-refractivity contribution in [2.24, 2.45) is 5.41 Å². The van der Waals surface area contributed by atoms with Crippen molar-refractivity contribution >= 4 is 17.9 Å². The van der Waals surface area contributed by atoms with Crippen molar-refractivity contribution in [1.29, 1.82) is 0 Å². The molecule has 3 atom stereocenters. The summed E-state index contributed by atoms with van der Waals surface area (Å²) >= 11 is 0. The molecule has 23 heavy (non-hydrogen) atoms. The Labute approximate surface area is 134 Å². The topological polar surface area (TPSA) is 140 Å². The van der Waals surface area contributed by atoms with Gasteiger partial charge in [0.2, 0.25) is 0 Å². The molecule has 0 saturated carbocycles. The third-order valence-corrected chi connectivity index (χ3v) is 2.71. The standard InChI is InChI=1S/C14H24O9/c1-8(15)11(18)21-5-14(4,6-22-12(19)9(2)16)7-23-13(20)10(3)17/h8-10,15-17H,5-7H2,1-4H3/t8-,9-,10+/m0/s1. The van der Waals surface area contributed by atoms with Crippen LogP contribution in [0.2, 0.25) is 0 Å². The van der Waals surface area contributed by atoms with Gasteiger partial charge in [-0.15, -0.1) is 0 Å². The highest BCUT2D eigenvalue weighted by molar-refractivity contribution is 5.74. The minimum absolute atomic E-state index is 0.309. The lowest BCUT2D eigenvalue weighted by atomic mass is 9.94. The zero-order valence-corrected chi connectivity index (χ0v) is 13.6. The quantitative estimate of drug-likeness (QED) is 0.348. The Morgan fingerprint density at radius 3 is 1.13 bits per heavy atom. The molecule has 0 aliphatic carbocycles. The van der Waals surface area contributed by atoms with Crippen LogP contribution in [0.5, 0.6) is 0 Å². The lowest BCUT2D eigenvalue weighted by Crippen LogP contribution is -2.39. The summed E-state index contributed by atoms with van der Waals surface area (Å²) in [6.07, 6.45) is -4.00. The Morgan fingerprint density at radius 1 is 0.739 bits per heavy atom. The molecule has 0 rings (SSSR count). The summed E-state index contributed by atoms with van der Waals surface area (Å²) in [5.74, 6) is -2.67. The van der Waals surface area contributed by atoms with Gasteiger partial charge in [-0.1, -0.05) is 0 Å². The summed E-state index contributed by atoms with van der Waals surface area (Å²) in [6.45, 7) is 4.25. The summed E-state index contributed by atoms with van der Waals surface area (Å²) in [5.41, 5.74) is -1.11. The van der Waals surface area contributed by atoms with Crippen LogP contribution in [-0.4, -0.2) is 71.4 Å². The normalized spacial score (nSPS) is 15.3. The molecule has 0 saturated heterocycles. The van der Waals surface area contributed by atoms with E-state index in [-0.39, 0.29) is 19.8 Å². The van der Waals surface area contributed by atoms with Gasteiger partial charge in [0.25, 0.3) is 0 Å². The first kappa shape index (κ1) is 21.3. The van der Waals surface area contributed by atoms with Crippen molar-refractivity contribution in [2.45, 2.75) is 46.0 Å². The first-order chi connectivity index (χ1) is 10.5. The maximum Gasteiger partial charge on any atom is 0.334 e. The number of hydrogen-bond acceptors (Lipinski definition) is 9. The van der Waals surface area contributed by atoms with Gasteiger partial charge in [0, 0.05) is 0 Å². The van der Waals surface area contributed by atoms with Crippen LogP contribution < -0.4 is 0 Å². The lowest BCUT2D eigenvalue weighted by molar-refractivity contribution is -0.170. The molecule has 0 aromatic rings. The minimum Gasteiger partial charge on any atom is -0.463 e. The molecule has 0 aromatic heterocycles. The maximum atomic E-state index is 11.3. The number of rotatable bonds is 9. The van der Waals surface area contributed by atoms with Gasteiger partial charge >= 0.3 is 17.9 Å². The molecule has 9 heteroatoms. The van der Waals surface area contributed by atoms with Gasteiger partial charge in [-0.3, -0.25) is 0 Å². The fourth-order valence-corrected chi connectivity index (χ4v) is 1.22. The molecule has 0 aromatic carbocycles. The highest BCUT2D eigenvalue weighted by Crippen LogP contribution is 2.19. The molecule has 0 bridgehead atoms. The number of hydrogen-bond donors (Lipinski definition) is 3. The number of carbonyl (C=O) groups excluding carboxylic acids is 3. The Kier molecular flexibility index (Phi) is 8.73. The van der Waals surface area contributed by atoms with Crippen LogP contribution in [0.1, 0.15) is 27.7 Å². The van der Waals surface area contributed by atoms with Gasteiger partial charge < -0.3 is 29.5 Å². The van der Waals surface area contributed by atoms with Gasteiger partial charge in [0.1, 0.15) is 38.1 Å². The molecule has 0 spiro atoms. The van der Waals surface area contributed by atoms with E-state index >= 15 is 0 Å². The summed E-state index contributed by atoms with van der Waals surface area (Å²) < 4.78 is 14.6. The van der Waals surface area contributed by atoms with E-state index < -0.39 is 41.6 Å². The molecule has 0 unspecified atom stereocenters. The van der Waals surface area contributed by atoms with E-state index in [1.54, 1.807) is 0 Å². The molecule has 0 aliphatic heterocycles. The fraction of sp³-hybridized carbons (Fsp3) is 0.786. The van der Waals surface area contributed by atoms with Crippen LogP contribution in [0.4, 0.5) is 0 Å². The van der Waals surface area contributed by atoms with Gasteiger partial charge in [-0.05, 0) is 27.7 Å². The molecular weight excluding hydrogens is 312 g/mol. The van der Waals surface area contributed by atoms with E-state index in [2.05, 4.69) is 0 Å². The molecule has 0 heterocycles. The van der Waals surface area contributed by atoms with E-state index in [9.17, 15) is 14.4 Å². The summed E-state index contributed by atoms with van der Waals surface area (Å²) in [6, 6.07) is 0. The zero-order valence-electron chi connectivity index (χ0n) is 13.6. The average Bonchev–Trinajstić information content (AvgIpc) is 2.47. The van der Waals surface area contributed by atoms with Crippen molar-refractivity contribution in [3.8, 4) is 0 Å². The molecule has 0 amide bonds. The molecule has 0 aliphatic rings. The van der Waals surface area contributed by atoms with Gasteiger partial charge in [-0.25, -0.2) is 14.4 Å². The molecule has 0 radical (unpaired) electrons. The molecule has 0 fully saturated rings. The van der Waals surface area contributed by atoms with Crippen LogP contribution in [0.15, 0.2) is 0 Å². The van der Waals surface area contributed by atoms with Crippen molar-refractivity contribution < 1.29 is 43.9 Å². The number of esters is 3. The van der Waals surface area contributed by atoms with E-state index in [4.69, 9.17) is 29.5 Å². The number of aliphatic hydroxyl groups is 3. The molecule has 9 nitrogen and oxygen atoms in total. The predicted octanol–water partition coefficient (Wildman–Crippen LogP) is -1.24. The lowest BCUT2D eigenvalue weighted by Gasteiger charge is -2.28. The van der Waals surface area contributed by atoms with Crippen LogP contribution in [0.25, 0.3) is 0 Å². The fourth-order valence-electron chi connectivity index (χ4n) is 1.22. The average molecular weight is 336 g/mol. The highest BCUT2D eigenvalue weighted by atomic mass is 16.6. The second kappa shape index (κ2) is 9.43. The summed E-state index contributed by atoms with van der Waals surface area (Å²) in [5, 5.41) is 27.3.